The second kappa shape index (κ2) is 12.3. The fourth-order valence-electron chi connectivity index (χ4n) is 4.83. The van der Waals surface area contributed by atoms with Crippen molar-refractivity contribution in [1.82, 2.24) is 14.5 Å². The third-order valence-electron chi connectivity index (χ3n) is 7.04. The van der Waals surface area contributed by atoms with Crippen molar-refractivity contribution < 1.29 is 18.7 Å². The van der Waals surface area contributed by atoms with Crippen molar-refractivity contribution in [3.05, 3.63) is 102 Å². The second-order valence-electron chi connectivity index (χ2n) is 10.3. The summed E-state index contributed by atoms with van der Waals surface area (Å²) in [5.41, 5.74) is 3.57. The Kier molecular flexibility index (Phi) is 8.36. The van der Waals surface area contributed by atoms with Crippen LogP contribution in [0.2, 0.25) is 0 Å². The third-order valence-corrected chi connectivity index (χ3v) is 7.04. The van der Waals surface area contributed by atoms with Gasteiger partial charge in [0.25, 0.3) is 5.91 Å². The van der Waals surface area contributed by atoms with Gasteiger partial charge < -0.3 is 9.64 Å². The lowest BCUT2D eigenvalue weighted by Crippen LogP contribution is -2.42. The molecule has 2 amide bonds. The molecule has 1 unspecified atom stereocenters. The monoisotopic (exact) mass is 540 g/mol. The summed E-state index contributed by atoms with van der Waals surface area (Å²) in [6, 6.07) is 23.6. The molecule has 8 heteroatoms. The standard InChI is InChI=1S/C32H33FN4O3/c1-22(2)23-14-16-25(17-15-23)37-20-29(24-9-4-3-5-10-24)34-32(37)35-30(38)21-36(19-26-11-8-18-40-26)31(39)27-12-6-7-13-28(27)33/h3-7,9-10,12-17,20,22,26H,8,11,18-19,21H2,1-2H3,(H,34,35,38). The number of anilines is 1. The predicted octanol–water partition coefficient (Wildman–Crippen LogP) is 6.06. The van der Waals surface area contributed by atoms with Crippen LogP contribution < -0.4 is 5.32 Å². The van der Waals surface area contributed by atoms with Crippen molar-refractivity contribution in [2.45, 2.75) is 38.7 Å². The number of rotatable bonds is 9. The molecule has 4 aromatic rings. The number of aromatic nitrogens is 2. The van der Waals surface area contributed by atoms with Crippen molar-refractivity contribution in [3.63, 3.8) is 0 Å². The summed E-state index contributed by atoms with van der Waals surface area (Å²) in [5, 5.41) is 2.90. The molecule has 1 saturated heterocycles. The van der Waals surface area contributed by atoms with Gasteiger partial charge in [-0.1, -0.05) is 68.4 Å². The Balaban J connectivity index is 1.42. The van der Waals surface area contributed by atoms with E-state index in [-0.39, 0.29) is 24.8 Å². The highest BCUT2D eigenvalue weighted by molar-refractivity contribution is 5.99. The molecular weight excluding hydrogens is 507 g/mol. The molecule has 1 aliphatic heterocycles. The smallest absolute Gasteiger partial charge is 0.257 e. The molecule has 7 nitrogen and oxygen atoms in total. The number of imidazole rings is 1. The van der Waals surface area contributed by atoms with Crippen LogP contribution in [-0.4, -0.2) is 52.1 Å². The van der Waals surface area contributed by atoms with Crippen molar-refractivity contribution in [2.24, 2.45) is 0 Å². The fourth-order valence-corrected chi connectivity index (χ4v) is 4.83. The zero-order valence-corrected chi connectivity index (χ0v) is 22.7. The minimum absolute atomic E-state index is 0.0774. The zero-order valence-electron chi connectivity index (χ0n) is 22.7. The van der Waals surface area contributed by atoms with Gasteiger partial charge >= 0.3 is 0 Å². The maximum Gasteiger partial charge on any atom is 0.257 e. The molecule has 3 aromatic carbocycles. The van der Waals surface area contributed by atoms with Gasteiger partial charge in [0.05, 0.1) is 17.4 Å². The summed E-state index contributed by atoms with van der Waals surface area (Å²) >= 11 is 0. The first-order valence-electron chi connectivity index (χ1n) is 13.6. The lowest BCUT2D eigenvalue weighted by molar-refractivity contribution is -0.117. The van der Waals surface area contributed by atoms with Crippen LogP contribution in [0.25, 0.3) is 16.9 Å². The van der Waals surface area contributed by atoms with Gasteiger partial charge in [-0.05, 0) is 48.6 Å². The second-order valence-corrected chi connectivity index (χ2v) is 10.3. The number of amides is 2. The zero-order chi connectivity index (χ0) is 28.1. The topological polar surface area (TPSA) is 76.5 Å². The summed E-state index contributed by atoms with van der Waals surface area (Å²) in [4.78, 5) is 32.8. The van der Waals surface area contributed by atoms with Crippen LogP contribution in [0.15, 0.2) is 85.1 Å². The number of hydrogen-bond donors (Lipinski definition) is 1. The Morgan fingerprint density at radius 1 is 1.05 bits per heavy atom. The molecule has 1 atom stereocenters. The van der Waals surface area contributed by atoms with E-state index in [1.165, 1.54) is 28.7 Å². The van der Waals surface area contributed by atoms with Gasteiger partial charge in [0, 0.05) is 30.6 Å². The predicted molar refractivity (Wildman–Crippen MR) is 153 cm³/mol. The van der Waals surface area contributed by atoms with Crippen molar-refractivity contribution >= 4 is 17.8 Å². The Hall–Kier alpha value is -4.30. The first kappa shape index (κ1) is 27.3. The molecule has 1 fully saturated rings. The molecular formula is C32H33FN4O3. The Morgan fingerprint density at radius 2 is 1.77 bits per heavy atom. The third kappa shape index (κ3) is 6.29. The highest BCUT2D eigenvalue weighted by Gasteiger charge is 2.27. The molecule has 2 heterocycles. The fraction of sp³-hybridized carbons (Fsp3) is 0.281. The van der Waals surface area contributed by atoms with Crippen molar-refractivity contribution in [2.75, 3.05) is 25.0 Å². The van der Waals surface area contributed by atoms with Crippen LogP contribution >= 0.6 is 0 Å². The van der Waals surface area contributed by atoms with E-state index in [9.17, 15) is 14.0 Å². The van der Waals surface area contributed by atoms with Crippen LogP contribution in [0.3, 0.4) is 0 Å². The number of ether oxygens (including phenoxy) is 1. The van der Waals surface area contributed by atoms with E-state index in [4.69, 9.17) is 9.72 Å². The molecule has 0 aliphatic carbocycles. The lowest BCUT2D eigenvalue weighted by atomic mass is 10.0. The SMILES string of the molecule is CC(C)c1ccc(-n2cc(-c3ccccc3)nc2NC(=O)CN(CC2CCCO2)C(=O)c2ccccc2F)cc1. The maximum atomic E-state index is 14.5. The van der Waals surface area contributed by atoms with E-state index in [1.54, 1.807) is 6.07 Å². The number of benzene rings is 3. The number of nitrogens with one attached hydrogen (secondary N) is 1. The van der Waals surface area contributed by atoms with E-state index in [0.29, 0.717) is 24.2 Å². The molecule has 1 aliphatic rings. The summed E-state index contributed by atoms with van der Waals surface area (Å²) < 4.78 is 22.0. The normalized spacial score (nSPS) is 14.8. The van der Waals surface area contributed by atoms with E-state index in [2.05, 4.69) is 31.3 Å². The molecule has 0 bridgehead atoms. The number of carbonyl (C=O) groups excluding carboxylic acids is 2. The molecule has 5 rings (SSSR count). The van der Waals surface area contributed by atoms with E-state index >= 15 is 0 Å². The van der Waals surface area contributed by atoms with E-state index in [1.807, 2.05) is 53.2 Å². The summed E-state index contributed by atoms with van der Waals surface area (Å²) in [6.07, 6.45) is 3.34. The van der Waals surface area contributed by atoms with Crippen LogP contribution in [0.4, 0.5) is 10.3 Å². The minimum atomic E-state index is -0.627. The van der Waals surface area contributed by atoms with Gasteiger partial charge in [0.2, 0.25) is 11.9 Å². The minimum Gasteiger partial charge on any atom is -0.376 e. The van der Waals surface area contributed by atoms with Gasteiger partial charge in [-0.25, -0.2) is 9.37 Å². The van der Waals surface area contributed by atoms with Gasteiger partial charge in [-0.3, -0.25) is 19.5 Å². The number of nitrogens with zero attached hydrogens (tertiary/aromatic N) is 3. The van der Waals surface area contributed by atoms with Crippen LogP contribution in [0.5, 0.6) is 0 Å². The van der Waals surface area contributed by atoms with E-state index in [0.717, 1.165) is 24.1 Å². The Morgan fingerprint density at radius 3 is 2.45 bits per heavy atom. The van der Waals surface area contributed by atoms with Crippen molar-refractivity contribution in [3.8, 4) is 16.9 Å². The molecule has 0 spiro atoms. The highest BCUT2D eigenvalue weighted by atomic mass is 19.1. The molecule has 0 saturated carbocycles. The van der Waals surface area contributed by atoms with Crippen LogP contribution in [0.1, 0.15) is 48.5 Å². The molecule has 206 valence electrons. The highest BCUT2D eigenvalue weighted by Crippen LogP contribution is 2.26. The molecule has 1 N–H and O–H groups in total. The van der Waals surface area contributed by atoms with Crippen LogP contribution in [-0.2, 0) is 9.53 Å². The Bertz CT molecular complexity index is 1460. The van der Waals surface area contributed by atoms with Gasteiger partial charge in [0.15, 0.2) is 0 Å². The largest absolute Gasteiger partial charge is 0.376 e. The van der Waals surface area contributed by atoms with Crippen molar-refractivity contribution in [1.29, 1.82) is 0 Å². The first-order chi connectivity index (χ1) is 19.4. The number of halogens is 1. The molecule has 0 radical (unpaired) electrons. The van der Waals surface area contributed by atoms with E-state index < -0.39 is 17.6 Å². The number of carbonyl (C=O) groups is 2. The quantitative estimate of drug-likeness (QED) is 0.280. The summed E-state index contributed by atoms with van der Waals surface area (Å²) in [5.74, 6) is -0.901. The van der Waals surface area contributed by atoms with Crippen LogP contribution in [0, 0.1) is 5.82 Å². The molecule has 40 heavy (non-hydrogen) atoms. The summed E-state index contributed by atoms with van der Waals surface area (Å²) in [6.45, 7) is 4.80. The maximum absolute atomic E-state index is 14.5. The van der Waals surface area contributed by atoms with Gasteiger partial charge in [-0.15, -0.1) is 0 Å². The van der Waals surface area contributed by atoms with Gasteiger partial charge in [0.1, 0.15) is 12.4 Å². The summed E-state index contributed by atoms with van der Waals surface area (Å²) in [7, 11) is 0. The number of hydrogen-bond acceptors (Lipinski definition) is 4. The molecule has 1 aromatic heterocycles. The Labute approximate surface area is 233 Å². The van der Waals surface area contributed by atoms with Gasteiger partial charge in [-0.2, -0.15) is 0 Å². The average molecular weight is 541 g/mol. The lowest BCUT2D eigenvalue weighted by Gasteiger charge is -2.25. The average Bonchev–Trinajstić information content (AvgIpc) is 3.63. The first-order valence-corrected chi connectivity index (χ1v) is 13.6.